The molecular formula is C23H22IN3O5. The molecule has 2 aliphatic rings. The fourth-order valence-electron chi connectivity index (χ4n) is 4.57. The zero-order chi connectivity index (χ0) is 22.8. The highest BCUT2D eigenvalue weighted by Gasteiger charge is 2.45. The van der Waals surface area contributed by atoms with Crippen molar-refractivity contribution in [2.75, 3.05) is 12.3 Å². The van der Waals surface area contributed by atoms with Crippen LogP contribution in [0.25, 0.3) is 22.3 Å². The number of pyridine rings is 2. The SMILES string of the molecule is CCOCc1c2c(nc3cc(I)c(N)cc13)-c1cc3c(c(=O)n1C2)COC(=O)[C@]3(O)CC. The Bertz CT molecular complexity index is 1370. The number of anilines is 1. The molecule has 166 valence electrons. The fourth-order valence-corrected chi connectivity index (χ4v) is 5.02. The maximum atomic E-state index is 13.4. The van der Waals surface area contributed by atoms with Crippen molar-refractivity contribution >= 4 is 45.2 Å². The van der Waals surface area contributed by atoms with Gasteiger partial charge in [0.15, 0.2) is 5.60 Å². The Morgan fingerprint density at radius 3 is 2.78 bits per heavy atom. The highest BCUT2D eigenvalue weighted by atomic mass is 127. The van der Waals surface area contributed by atoms with Crippen molar-refractivity contribution in [3.8, 4) is 11.4 Å². The predicted molar refractivity (Wildman–Crippen MR) is 127 cm³/mol. The normalized spacial score (nSPS) is 18.9. The number of ether oxygens (including phenoxy) is 2. The van der Waals surface area contributed by atoms with E-state index in [9.17, 15) is 14.7 Å². The number of carbonyl (C=O) groups is 1. The molecule has 9 heteroatoms. The van der Waals surface area contributed by atoms with Gasteiger partial charge in [0, 0.05) is 32.4 Å². The van der Waals surface area contributed by atoms with Gasteiger partial charge in [-0.1, -0.05) is 6.92 Å². The van der Waals surface area contributed by atoms with Crippen molar-refractivity contribution in [3.05, 3.63) is 54.4 Å². The Balaban J connectivity index is 1.81. The molecule has 0 saturated carbocycles. The number of fused-ring (bicyclic) bond motifs is 5. The number of nitrogens with two attached hydrogens (primary N) is 1. The third-order valence-corrected chi connectivity index (χ3v) is 7.31. The van der Waals surface area contributed by atoms with E-state index in [4.69, 9.17) is 20.2 Å². The number of carbonyl (C=O) groups excluding carboxylic acids is 1. The number of halogens is 1. The van der Waals surface area contributed by atoms with E-state index in [2.05, 4.69) is 22.6 Å². The molecule has 0 unspecified atom stereocenters. The van der Waals surface area contributed by atoms with E-state index >= 15 is 0 Å². The maximum Gasteiger partial charge on any atom is 0.343 e. The van der Waals surface area contributed by atoms with Crippen LogP contribution in [0.15, 0.2) is 23.0 Å². The number of esters is 1. The number of nitrogen functional groups attached to an aromatic ring is 1. The fraction of sp³-hybridized carbons (Fsp3) is 0.348. The molecule has 2 aliphatic heterocycles. The standard InChI is InChI=1S/C23H22IN3O5/c1-3-23(30)15-6-19-20-12(8-27(19)21(28)14(15)10-32-22(23)29)13(9-31-4-2)11-5-17(25)16(24)7-18(11)26-20/h5-7,30H,3-4,8-10,25H2,1-2H3/t23-/m0/s1. The average molecular weight is 547 g/mol. The molecule has 2 aromatic heterocycles. The van der Waals surface area contributed by atoms with Gasteiger partial charge in [0.25, 0.3) is 5.56 Å². The highest BCUT2D eigenvalue weighted by molar-refractivity contribution is 14.1. The van der Waals surface area contributed by atoms with Crippen molar-refractivity contribution in [3.63, 3.8) is 0 Å². The topological polar surface area (TPSA) is 117 Å². The first-order valence-corrected chi connectivity index (χ1v) is 11.5. The van der Waals surface area contributed by atoms with Gasteiger partial charge in [-0.25, -0.2) is 9.78 Å². The molecule has 0 spiro atoms. The summed E-state index contributed by atoms with van der Waals surface area (Å²) in [5.41, 5.74) is 9.13. The second-order valence-corrected chi connectivity index (χ2v) is 9.21. The van der Waals surface area contributed by atoms with Gasteiger partial charge < -0.3 is 24.9 Å². The smallest absolute Gasteiger partial charge is 0.343 e. The summed E-state index contributed by atoms with van der Waals surface area (Å²) >= 11 is 2.17. The minimum atomic E-state index is -1.85. The lowest BCUT2D eigenvalue weighted by molar-refractivity contribution is -0.172. The zero-order valence-electron chi connectivity index (χ0n) is 17.7. The van der Waals surface area contributed by atoms with Crippen LogP contribution < -0.4 is 11.3 Å². The van der Waals surface area contributed by atoms with Crippen molar-refractivity contribution < 1.29 is 19.4 Å². The number of benzene rings is 1. The van der Waals surface area contributed by atoms with E-state index in [0.717, 1.165) is 25.6 Å². The van der Waals surface area contributed by atoms with Gasteiger partial charge in [-0.05, 0) is 59.7 Å². The van der Waals surface area contributed by atoms with Crippen LogP contribution in [0.1, 0.15) is 42.5 Å². The largest absolute Gasteiger partial charge is 0.458 e. The van der Waals surface area contributed by atoms with Gasteiger partial charge >= 0.3 is 5.97 Å². The van der Waals surface area contributed by atoms with Crippen molar-refractivity contribution in [1.82, 2.24) is 9.55 Å². The minimum absolute atomic E-state index is 0.104. The van der Waals surface area contributed by atoms with E-state index in [1.807, 2.05) is 19.1 Å². The number of aliphatic hydroxyl groups is 1. The first-order chi connectivity index (χ1) is 15.3. The van der Waals surface area contributed by atoms with E-state index in [0.29, 0.717) is 48.0 Å². The Hall–Kier alpha value is -2.50. The summed E-state index contributed by atoms with van der Waals surface area (Å²) < 4.78 is 13.4. The molecule has 8 nitrogen and oxygen atoms in total. The van der Waals surface area contributed by atoms with E-state index in [-0.39, 0.29) is 18.6 Å². The van der Waals surface area contributed by atoms with E-state index in [1.54, 1.807) is 17.6 Å². The minimum Gasteiger partial charge on any atom is -0.458 e. The van der Waals surface area contributed by atoms with Gasteiger partial charge in [-0.15, -0.1) is 0 Å². The molecule has 3 aromatic rings. The van der Waals surface area contributed by atoms with Crippen LogP contribution in [-0.2, 0) is 39.6 Å². The Kier molecular flexibility index (Phi) is 5.02. The summed E-state index contributed by atoms with van der Waals surface area (Å²) in [6.45, 7) is 4.70. The van der Waals surface area contributed by atoms with Crippen LogP contribution >= 0.6 is 22.6 Å². The molecule has 3 N–H and O–H groups in total. The van der Waals surface area contributed by atoms with Gasteiger partial charge in [0.1, 0.15) is 6.61 Å². The third kappa shape index (κ3) is 2.91. The van der Waals surface area contributed by atoms with Gasteiger partial charge in [-0.3, -0.25) is 4.79 Å². The molecule has 1 aromatic carbocycles. The molecule has 0 radical (unpaired) electrons. The molecule has 0 bridgehead atoms. The van der Waals surface area contributed by atoms with Gasteiger partial charge in [-0.2, -0.15) is 0 Å². The second kappa shape index (κ2) is 7.53. The van der Waals surface area contributed by atoms with Crippen molar-refractivity contribution in [2.45, 2.75) is 45.6 Å². The first-order valence-electron chi connectivity index (χ1n) is 10.5. The quantitative estimate of drug-likeness (QED) is 0.229. The molecule has 0 saturated heterocycles. The number of hydrogen-bond donors (Lipinski definition) is 2. The van der Waals surface area contributed by atoms with Gasteiger partial charge in [0.05, 0.1) is 35.6 Å². The lowest BCUT2D eigenvalue weighted by atomic mass is 9.86. The number of aromatic nitrogens is 2. The van der Waals surface area contributed by atoms with Crippen LogP contribution in [0.5, 0.6) is 0 Å². The van der Waals surface area contributed by atoms with E-state index in [1.165, 1.54) is 0 Å². The molecule has 32 heavy (non-hydrogen) atoms. The zero-order valence-corrected chi connectivity index (χ0v) is 19.9. The van der Waals surface area contributed by atoms with E-state index < -0.39 is 11.6 Å². The number of rotatable bonds is 4. The number of nitrogens with zero attached hydrogens (tertiary/aromatic N) is 2. The predicted octanol–water partition coefficient (Wildman–Crippen LogP) is 2.80. The van der Waals surface area contributed by atoms with Crippen LogP contribution in [0.2, 0.25) is 0 Å². The lowest BCUT2D eigenvalue weighted by Crippen LogP contribution is -2.44. The monoisotopic (exact) mass is 547 g/mol. The van der Waals surface area contributed by atoms with Crippen LogP contribution in [-0.4, -0.2) is 27.2 Å². The number of hydrogen-bond acceptors (Lipinski definition) is 7. The van der Waals surface area contributed by atoms with Crippen LogP contribution in [0.4, 0.5) is 5.69 Å². The highest BCUT2D eigenvalue weighted by Crippen LogP contribution is 2.41. The van der Waals surface area contributed by atoms with Crippen LogP contribution in [0.3, 0.4) is 0 Å². The summed E-state index contributed by atoms with van der Waals surface area (Å²) in [6, 6.07) is 5.54. The molecule has 4 heterocycles. The summed E-state index contributed by atoms with van der Waals surface area (Å²) in [4.78, 5) is 30.6. The molecule has 1 atom stereocenters. The van der Waals surface area contributed by atoms with Crippen molar-refractivity contribution in [1.29, 1.82) is 0 Å². The first kappa shape index (κ1) is 21.4. The second-order valence-electron chi connectivity index (χ2n) is 8.05. The lowest BCUT2D eigenvalue weighted by Gasteiger charge is -2.31. The Morgan fingerprint density at radius 2 is 2.06 bits per heavy atom. The maximum absolute atomic E-state index is 13.4. The Labute approximate surface area is 197 Å². The van der Waals surface area contributed by atoms with Crippen molar-refractivity contribution in [2.24, 2.45) is 0 Å². The summed E-state index contributed by atoms with van der Waals surface area (Å²) in [5, 5.41) is 11.9. The van der Waals surface area contributed by atoms with Crippen LogP contribution in [0, 0.1) is 3.57 Å². The molecule has 5 rings (SSSR count). The number of cyclic esters (lactones) is 1. The summed E-state index contributed by atoms with van der Waals surface area (Å²) in [6.07, 6.45) is 0.104. The molecule has 0 fully saturated rings. The summed E-state index contributed by atoms with van der Waals surface area (Å²) in [7, 11) is 0. The summed E-state index contributed by atoms with van der Waals surface area (Å²) in [5.74, 6) is -0.733. The molecule has 0 amide bonds. The average Bonchev–Trinajstić information content (AvgIpc) is 3.14. The Morgan fingerprint density at radius 1 is 1.28 bits per heavy atom. The molecule has 0 aliphatic carbocycles. The molecular weight excluding hydrogens is 525 g/mol. The third-order valence-electron chi connectivity index (χ3n) is 6.37. The van der Waals surface area contributed by atoms with Gasteiger partial charge in [0.2, 0.25) is 0 Å².